The Kier molecular flexibility index (Phi) is 20.2. The minimum atomic E-state index is -1.64. The van der Waals surface area contributed by atoms with Crippen LogP contribution in [0.2, 0.25) is 0 Å². The molecule has 6 atom stereocenters. The largest absolute Gasteiger partial charge is 0.508 e. The molecule has 0 unspecified atom stereocenters. The molecular weight excluding hydrogens is 742 g/mol. The van der Waals surface area contributed by atoms with E-state index in [0.717, 1.165) is 0 Å². The van der Waals surface area contributed by atoms with E-state index in [1.807, 2.05) is 0 Å². The molecule has 14 N–H and O–H groups in total. The number of aromatic hydroxyl groups is 1. The van der Waals surface area contributed by atoms with E-state index in [4.69, 9.17) is 22.3 Å². The Hall–Kier alpha value is -5.44. The summed E-state index contributed by atoms with van der Waals surface area (Å²) in [5, 5.41) is 32.7. The van der Waals surface area contributed by atoms with Gasteiger partial charge in [0.25, 0.3) is 0 Å². The molecular formula is C34H53N9O11S. The van der Waals surface area contributed by atoms with Crippen molar-refractivity contribution in [2.75, 3.05) is 18.6 Å². The third-order valence-electron chi connectivity index (χ3n) is 7.96. The molecule has 8 amide bonds. The monoisotopic (exact) mass is 795 g/mol. The number of primary amides is 2. The Bertz CT molecular complexity index is 1540. The predicted octanol–water partition coefficient (Wildman–Crippen LogP) is -3.30. The number of rotatable bonds is 24. The Labute approximate surface area is 322 Å². The van der Waals surface area contributed by atoms with Gasteiger partial charge in [0.05, 0.1) is 18.9 Å². The zero-order chi connectivity index (χ0) is 42.0. The molecule has 0 aromatic heterocycles. The van der Waals surface area contributed by atoms with Crippen molar-refractivity contribution in [1.29, 1.82) is 0 Å². The van der Waals surface area contributed by atoms with Gasteiger partial charge in [0.15, 0.2) is 0 Å². The number of hydrogen-bond acceptors (Lipinski definition) is 12. The van der Waals surface area contributed by atoms with Gasteiger partial charge in [0, 0.05) is 0 Å². The fraction of sp³-hybridized carbons (Fsp3) is 0.559. The van der Waals surface area contributed by atoms with Crippen LogP contribution in [0.5, 0.6) is 5.75 Å². The SMILES string of the molecule is CSCC[C@H](NC(=O)[C@H](CC(N)=O)NC(=O)[C@@H](NC(=O)[C@H](CC(N)=O)NC(=O)[C@@H](NC(=O)[C@@H](N)Cc1ccc(O)cc1)C(C)C)C(C)C)C(=O)NCC(=O)O. The van der Waals surface area contributed by atoms with Crippen LogP contribution in [-0.2, 0) is 49.6 Å². The summed E-state index contributed by atoms with van der Waals surface area (Å²) in [6.07, 6.45) is 0.456. The van der Waals surface area contributed by atoms with Crippen molar-refractivity contribution in [1.82, 2.24) is 31.9 Å². The molecule has 1 rings (SSSR count). The number of phenols is 1. The number of amides is 8. The maximum atomic E-state index is 13.5. The van der Waals surface area contributed by atoms with Crippen LogP contribution >= 0.6 is 11.8 Å². The highest BCUT2D eigenvalue weighted by Crippen LogP contribution is 2.12. The Morgan fingerprint density at radius 2 is 1.09 bits per heavy atom. The van der Waals surface area contributed by atoms with E-state index in [2.05, 4.69) is 31.9 Å². The van der Waals surface area contributed by atoms with E-state index in [-0.39, 0.29) is 18.6 Å². The van der Waals surface area contributed by atoms with Gasteiger partial charge in [-0.3, -0.25) is 43.2 Å². The highest BCUT2D eigenvalue weighted by molar-refractivity contribution is 7.98. The topological polar surface area (TPSA) is 344 Å². The minimum absolute atomic E-state index is 0.0260. The van der Waals surface area contributed by atoms with Crippen LogP contribution in [0.25, 0.3) is 0 Å². The maximum absolute atomic E-state index is 13.5. The van der Waals surface area contributed by atoms with Crippen LogP contribution in [-0.4, -0.2) is 118 Å². The molecule has 0 aliphatic rings. The van der Waals surface area contributed by atoms with Crippen LogP contribution < -0.4 is 49.1 Å². The molecule has 0 aliphatic carbocycles. The molecule has 21 heteroatoms. The van der Waals surface area contributed by atoms with Crippen molar-refractivity contribution >= 4 is 65.0 Å². The highest BCUT2D eigenvalue weighted by atomic mass is 32.2. The standard InChI is InChI=1S/C34H53N9O11S/c1-16(2)27(42-29(49)20(35)12-18-6-8-19(44)9-7-18)33(53)41-23(14-25(37)46)32(52)43-28(17(3)4)34(54)40-22(13-24(36)45)31(51)39-21(10-11-55-5)30(50)38-15-26(47)48/h6-9,16-17,20-23,27-28,44H,10-15,35H2,1-5H3,(H2,36,45)(H2,37,46)(H,38,50)(H,39,51)(H,40,54)(H,41,53)(H,42,49)(H,43,52)(H,47,48)/t20-,21-,22-,23-,27-,28-/m0/s1. The van der Waals surface area contributed by atoms with E-state index in [0.29, 0.717) is 11.3 Å². The van der Waals surface area contributed by atoms with Crippen LogP contribution in [0.4, 0.5) is 0 Å². The van der Waals surface area contributed by atoms with Crippen molar-refractivity contribution in [3.63, 3.8) is 0 Å². The summed E-state index contributed by atoms with van der Waals surface area (Å²) in [6.45, 7) is 5.58. The lowest BCUT2D eigenvalue weighted by molar-refractivity contribution is -0.139. The lowest BCUT2D eigenvalue weighted by atomic mass is 9.99. The first kappa shape index (κ1) is 47.6. The number of aliphatic carboxylic acids is 1. The number of thioether (sulfide) groups is 1. The van der Waals surface area contributed by atoms with Gasteiger partial charge < -0.3 is 59.3 Å². The quantitative estimate of drug-likeness (QED) is 0.0489. The molecule has 0 fully saturated rings. The predicted molar refractivity (Wildman–Crippen MR) is 200 cm³/mol. The molecule has 0 spiro atoms. The van der Waals surface area contributed by atoms with Gasteiger partial charge >= 0.3 is 5.97 Å². The smallest absolute Gasteiger partial charge is 0.322 e. The van der Waals surface area contributed by atoms with Crippen LogP contribution in [0.1, 0.15) is 52.5 Å². The number of phenolic OH excluding ortho intramolecular Hbond substituents is 1. The molecule has 0 heterocycles. The summed E-state index contributed by atoms with van der Waals surface area (Å²) in [5.74, 6) is -9.51. The molecule has 0 aliphatic heterocycles. The zero-order valence-electron chi connectivity index (χ0n) is 31.4. The van der Waals surface area contributed by atoms with E-state index in [1.54, 1.807) is 32.2 Å². The van der Waals surface area contributed by atoms with Crippen LogP contribution in [0, 0.1) is 11.8 Å². The third-order valence-corrected chi connectivity index (χ3v) is 8.60. The van der Waals surface area contributed by atoms with Crippen molar-refractivity contribution in [2.24, 2.45) is 29.0 Å². The number of carboxylic acids is 1. The number of hydrogen-bond donors (Lipinski definition) is 11. The van der Waals surface area contributed by atoms with E-state index >= 15 is 0 Å². The fourth-order valence-corrected chi connectivity index (χ4v) is 5.44. The molecule has 20 nitrogen and oxygen atoms in total. The van der Waals surface area contributed by atoms with E-state index in [9.17, 15) is 48.3 Å². The van der Waals surface area contributed by atoms with Crippen LogP contribution in [0.3, 0.4) is 0 Å². The lowest BCUT2D eigenvalue weighted by Gasteiger charge is -2.29. The van der Waals surface area contributed by atoms with Crippen molar-refractivity contribution in [2.45, 2.75) is 89.6 Å². The second-order valence-electron chi connectivity index (χ2n) is 13.4. The fourth-order valence-electron chi connectivity index (χ4n) is 4.97. The maximum Gasteiger partial charge on any atom is 0.322 e. The molecule has 1 aromatic carbocycles. The molecule has 55 heavy (non-hydrogen) atoms. The summed E-state index contributed by atoms with van der Waals surface area (Å²) in [7, 11) is 0. The average Bonchev–Trinajstić information content (AvgIpc) is 3.09. The normalized spacial score (nSPS) is 14.3. The summed E-state index contributed by atoms with van der Waals surface area (Å²) in [5.41, 5.74) is 17.4. The number of benzene rings is 1. The molecule has 0 radical (unpaired) electrons. The van der Waals surface area contributed by atoms with Gasteiger partial charge in [-0.2, -0.15) is 11.8 Å². The summed E-state index contributed by atoms with van der Waals surface area (Å²) in [6, 6.07) is -2.23. The van der Waals surface area contributed by atoms with Gasteiger partial charge in [-0.15, -0.1) is 0 Å². The highest BCUT2D eigenvalue weighted by Gasteiger charge is 2.35. The Balaban J connectivity index is 3.17. The molecule has 306 valence electrons. The first-order chi connectivity index (χ1) is 25.7. The lowest BCUT2D eigenvalue weighted by Crippen LogP contribution is -2.61. The molecule has 1 aromatic rings. The first-order valence-electron chi connectivity index (χ1n) is 17.3. The number of carbonyl (C=O) groups is 9. The van der Waals surface area contributed by atoms with Gasteiger partial charge in [-0.25, -0.2) is 0 Å². The number of carboxylic acid groups (broad SMARTS) is 1. The second-order valence-corrected chi connectivity index (χ2v) is 14.3. The van der Waals surface area contributed by atoms with Crippen molar-refractivity contribution in [3.05, 3.63) is 29.8 Å². The Morgan fingerprint density at radius 3 is 1.51 bits per heavy atom. The van der Waals surface area contributed by atoms with E-state index < -0.39 is 121 Å². The summed E-state index contributed by atoms with van der Waals surface area (Å²) < 4.78 is 0. The summed E-state index contributed by atoms with van der Waals surface area (Å²) >= 11 is 1.34. The van der Waals surface area contributed by atoms with E-state index in [1.165, 1.54) is 37.7 Å². The average molecular weight is 796 g/mol. The van der Waals surface area contributed by atoms with Gasteiger partial charge in [-0.1, -0.05) is 39.8 Å². The van der Waals surface area contributed by atoms with Gasteiger partial charge in [0.2, 0.25) is 47.3 Å². The Morgan fingerprint density at radius 1 is 0.655 bits per heavy atom. The molecule has 0 saturated carbocycles. The zero-order valence-corrected chi connectivity index (χ0v) is 32.2. The third kappa shape index (κ3) is 17.5. The van der Waals surface area contributed by atoms with Crippen LogP contribution in [0.15, 0.2) is 24.3 Å². The number of nitrogens with one attached hydrogen (secondary N) is 6. The molecule has 0 bridgehead atoms. The number of carbonyl (C=O) groups excluding carboxylic acids is 8. The minimum Gasteiger partial charge on any atom is -0.508 e. The molecule has 0 saturated heterocycles. The summed E-state index contributed by atoms with van der Waals surface area (Å²) in [4.78, 5) is 114. The second kappa shape index (κ2) is 23.4. The van der Waals surface area contributed by atoms with Gasteiger partial charge in [0.1, 0.15) is 42.5 Å². The first-order valence-corrected chi connectivity index (χ1v) is 18.7. The van der Waals surface area contributed by atoms with Crippen molar-refractivity contribution < 1.29 is 53.4 Å². The van der Waals surface area contributed by atoms with Crippen molar-refractivity contribution in [3.8, 4) is 5.75 Å². The van der Waals surface area contributed by atoms with Gasteiger partial charge in [-0.05, 0) is 54.4 Å². The number of nitrogens with two attached hydrogens (primary N) is 3.